The van der Waals surface area contributed by atoms with Gasteiger partial charge in [-0.05, 0) is 31.5 Å². The topological polar surface area (TPSA) is 76.9 Å². The second-order valence-electron chi connectivity index (χ2n) is 5.86. The van der Waals surface area contributed by atoms with Gasteiger partial charge in [-0.1, -0.05) is 48.0 Å². The second-order valence-corrected chi connectivity index (χ2v) is 6.27. The molecular weight excluding hydrogens is 352 g/mol. The minimum Gasteiger partial charge on any atom is -0.324 e. The van der Waals surface area contributed by atoms with Gasteiger partial charge in [0.15, 0.2) is 0 Å². The monoisotopic (exact) mass is 368 g/mol. The molecule has 1 amide bonds. The van der Waals surface area contributed by atoms with E-state index in [1.54, 1.807) is 19.1 Å². The van der Waals surface area contributed by atoms with Gasteiger partial charge >= 0.3 is 5.69 Å². The molecule has 3 rings (SSSR count). The Kier molecular flexibility index (Phi) is 5.14. The highest BCUT2D eigenvalue weighted by molar-refractivity contribution is 6.31. The molecular formula is C19H17ClN4O2. The number of halogens is 1. The lowest BCUT2D eigenvalue weighted by atomic mass is 10.2. The van der Waals surface area contributed by atoms with Crippen LogP contribution in [0.15, 0.2) is 59.5 Å². The third-order valence-corrected chi connectivity index (χ3v) is 4.38. The Labute approximate surface area is 155 Å². The highest BCUT2D eigenvalue weighted by Gasteiger charge is 2.19. The molecule has 3 aromatic rings. The smallest absolute Gasteiger partial charge is 0.324 e. The molecule has 0 aliphatic rings. The molecule has 1 unspecified atom stereocenters. The fraction of sp³-hybridized carbons (Fsp3) is 0.158. The van der Waals surface area contributed by atoms with Crippen molar-refractivity contribution in [3.05, 3.63) is 75.8 Å². The molecule has 1 heterocycles. The molecule has 2 aromatic carbocycles. The summed E-state index contributed by atoms with van der Waals surface area (Å²) in [7, 11) is 0. The van der Waals surface area contributed by atoms with Crippen LogP contribution in [0.2, 0.25) is 5.02 Å². The summed E-state index contributed by atoms with van der Waals surface area (Å²) in [6, 6.07) is 13.7. The Bertz CT molecular complexity index is 1000. The molecule has 7 heteroatoms. The summed E-state index contributed by atoms with van der Waals surface area (Å²) in [5.74, 6) is -0.381. The van der Waals surface area contributed by atoms with Crippen molar-refractivity contribution >= 4 is 23.2 Å². The van der Waals surface area contributed by atoms with Crippen molar-refractivity contribution < 1.29 is 4.79 Å². The van der Waals surface area contributed by atoms with Crippen LogP contribution in [0, 0.1) is 6.92 Å². The van der Waals surface area contributed by atoms with E-state index in [0.717, 1.165) is 15.8 Å². The Morgan fingerprint density at radius 2 is 1.92 bits per heavy atom. The third kappa shape index (κ3) is 3.81. The zero-order valence-electron chi connectivity index (χ0n) is 14.3. The Hall–Kier alpha value is -2.99. The van der Waals surface area contributed by atoms with Crippen LogP contribution in [0.25, 0.3) is 11.3 Å². The van der Waals surface area contributed by atoms with Gasteiger partial charge < -0.3 is 5.32 Å². The van der Waals surface area contributed by atoms with Crippen LogP contribution < -0.4 is 11.0 Å². The fourth-order valence-electron chi connectivity index (χ4n) is 2.39. The Balaban J connectivity index is 1.80. The zero-order valence-corrected chi connectivity index (χ0v) is 15.1. The number of amides is 1. The average molecular weight is 369 g/mol. The normalized spacial score (nSPS) is 11.8. The van der Waals surface area contributed by atoms with Crippen LogP contribution in [0.4, 0.5) is 5.69 Å². The van der Waals surface area contributed by atoms with Gasteiger partial charge in [-0.25, -0.2) is 9.48 Å². The first-order valence-electron chi connectivity index (χ1n) is 8.04. The van der Waals surface area contributed by atoms with Crippen molar-refractivity contribution in [2.75, 3.05) is 5.32 Å². The standard InChI is InChI=1S/C19H17ClN4O2/c1-12-8-9-15(10-16(12)20)22-18(25)13(2)24-19(26)23-17(11-21-24)14-6-4-3-5-7-14/h3-11,13H,1-2H3,(H,22,25). The van der Waals surface area contributed by atoms with Crippen molar-refractivity contribution in [1.29, 1.82) is 0 Å². The third-order valence-electron chi connectivity index (χ3n) is 3.97. The molecule has 6 nitrogen and oxygen atoms in total. The summed E-state index contributed by atoms with van der Waals surface area (Å²) in [5.41, 5.74) is 2.13. The van der Waals surface area contributed by atoms with E-state index in [-0.39, 0.29) is 5.91 Å². The number of benzene rings is 2. The van der Waals surface area contributed by atoms with Gasteiger partial charge in [0.05, 0.1) is 11.9 Å². The lowest BCUT2D eigenvalue weighted by Crippen LogP contribution is -2.34. The molecule has 0 saturated carbocycles. The number of carbonyl (C=O) groups is 1. The molecule has 0 radical (unpaired) electrons. The number of aromatic nitrogens is 3. The quantitative estimate of drug-likeness (QED) is 0.765. The first-order chi connectivity index (χ1) is 12.5. The van der Waals surface area contributed by atoms with Gasteiger partial charge in [0.2, 0.25) is 5.91 Å². The molecule has 0 bridgehead atoms. The van der Waals surface area contributed by atoms with Crippen LogP contribution in [0.5, 0.6) is 0 Å². The zero-order chi connectivity index (χ0) is 18.7. The molecule has 1 atom stereocenters. The van der Waals surface area contributed by atoms with E-state index in [4.69, 9.17) is 11.6 Å². The molecule has 1 N–H and O–H groups in total. The minimum atomic E-state index is -0.820. The number of nitrogens with zero attached hydrogens (tertiary/aromatic N) is 3. The first kappa shape index (κ1) is 17.8. The molecule has 0 aliphatic heterocycles. The van der Waals surface area contributed by atoms with E-state index in [2.05, 4.69) is 15.4 Å². The van der Waals surface area contributed by atoms with E-state index in [1.807, 2.05) is 43.3 Å². The lowest BCUT2D eigenvalue weighted by Gasteiger charge is -2.14. The van der Waals surface area contributed by atoms with Crippen molar-refractivity contribution in [3.63, 3.8) is 0 Å². The van der Waals surface area contributed by atoms with E-state index in [0.29, 0.717) is 16.4 Å². The van der Waals surface area contributed by atoms with E-state index >= 15 is 0 Å². The van der Waals surface area contributed by atoms with Crippen molar-refractivity contribution in [2.45, 2.75) is 19.9 Å². The number of hydrogen-bond acceptors (Lipinski definition) is 4. The number of hydrogen-bond donors (Lipinski definition) is 1. The average Bonchev–Trinajstić information content (AvgIpc) is 2.65. The Morgan fingerprint density at radius 1 is 1.19 bits per heavy atom. The molecule has 132 valence electrons. The van der Waals surface area contributed by atoms with Crippen LogP contribution in [-0.2, 0) is 4.79 Å². The maximum absolute atomic E-state index is 12.4. The van der Waals surface area contributed by atoms with Crippen LogP contribution in [0.3, 0.4) is 0 Å². The highest BCUT2D eigenvalue weighted by Crippen LogP contribution is 2.20. The largest absolute Gasteiger partial charge is 0.365 e. The molecule has 0 fully saturated rings. The number of aryl methyl sites for hydroxylation is 1. The second kappa shape index (κ2) is 7.49. The summed E-state index contributed by atoms with van der Waals surface area (Å²) < 4.78 is 1.05. The summed E-state index contributed by atoms with van der Waals surface area (Å²) >= 11 is 6.07. The van der Waals surface area contributed by atoms with Crippen LogP contribution >= 0.6 is 11.6 Å². The Morgan fingerprint density at radius 3 is 2.58 bits per heavy atom. The SMILES string of the molecule is Cc1ccc(NC(=O)C(C)n2ncc(-c3ccccc3)nc2=O)cc1Cl. The first-order valence-corrected chi connectivity index (χ1v) is 8.42. The maximum Gasteiger partial charge on any atom is 0.365 e. The van der Waals surface area contributed by atoms with Gasteiger partial charge in [-0.15, -0.1) is 0 Å². The van der Waals surface area contributed by atoms with E-state index < -0.39 is 11.7 Å². The summed E-state index contributed by atoms with van der Waals surface area (Å²) in [6.07, 6.45) is 1.48. The maximum atomic E-state index is 12.4. The molecule has 0 saturated heterocycles. The van der Waals surface area contributed by atoms with Gasteiger partial charge in [0.1, 0.15) is 6.04 Å². The summed E-state index contributed by atoms with van der Waals surface area (Å²) in [5, 5.41) is 7.39. The van der Waals surface area contributed by atoms with Gasteiger partial charge in [0, 0.05) is 16.3 Å². The van der Waals surface area contributed by atoms with Gasteiger partial charge in [-0.3, -0.25) is 4.79 Å². The molecule has 0 spiro atoms. The minimum absolute atomic E-state index is 0.381. The number of nitrogens with one attached hydrogen (secondary N) is 1. The van der Waals surface area contributed by atoms with Crippen molar-refractivity contribution in [3.8, 4) is 11.3 Å². The van der Waals surface area contributed by atoms with Crippen molar-refractivity contribution in [2.24, 2.45) is 0 Å². The van der Waals surface area contributed by atoms with E-state index in [1.165, 1.54) is 6.20 Å². The van der Waals surface area contributed by atoms with Crippen LogP contribution in [0.1, 0.15) is 18.5 Å². The number of carbonyl (C=O) groups excluding carboxylic acids is 1. The lowest BCUT2D eigenvalue weighted by molar-refractivity contribution is -0.119. The highest BCUT2D eigenvalue weighted by atomic mass is 35.5. The predicted octanol–water partition coefficient (Wildman–Crippen LogP) is 3.47. The van der Waals surface area contributed by atoms with Gasteiger partial charge in [-0.2, -0.15) is 10.1 Å². The predicted molar refractivity (Wildman–Crippen MR) is 101 cm³/mol. The molecule has 1 aromatic heterocycles. The number of anilines is 1. The summed E-state index contributed by atoms with van der Waals surface area (Å²) in [4.78, 5) is 28.8. The molecule has 26 heavy (non-hydrogen) atoms. The van der Waals surface area contributed by atoms with Crippen LogP contribution in [-0.4, -0.2) is 20.7 Å². The fourth-order valence-corrected chi connectivity index (χ4v) is 2.57. The van der Waals surface area contributed by atoms with Gasteiger partial charge in [0.25, 0.3) is 0 Å². The summed E-state index contributed by atoms with van der Waals surface area (Å²) in [6.45, 7) is 3.46. The van der Waals surface area contributed by atoms with E-state index in [9.17, 15) is 9.59 Å². The van der Waals surface area contributed by atoms with Crippen molar-refractivity contribution in [1.82, 2.24) is 14.8 Å². The molecule has 0 aliphatic carbocycles. The number of rotatable bonds is 4.